The van der Waals surface area contributed by atoms with Gasteiger partial charge in [0.2, 0.25) is 0 Å². The molecule has 0 amide bonds. The SMILES string of the molecule is CC12CCCCC1(C)N(c1ccc3c(c1)c1ccccc1n3-c1cccc([Si](C)(c3ccccc3)c3ccccc3)c1)c1ccccc12. The molecule has 48 heavy (non-hydrogen) atoms. The maximum absolute atomic E-state index is 2.70. The Balaban J connectivity index is 1.23. The number of rotatable bonds is 5. The maximum atomic E-state index is 2.70. The summed E-state index contributed by atoms with van der Waals surface area (Å²) in [5.74, 6) is 0. The molecule has 2 atom stereocenters. The molecule has 3 heteroatoms. The first-order chi connectivity index (χ1) is 23.4. The van der Waals surface area contributed by atoms with E-state index in [2.05, 4.69) is 182 Å². The summed E-state index contributed by atoms with van der Waals surface area (Å²) in [4.78, 5) is 2.70. The van der Waals surface area contributed by atoms with Crippen molar-refractivity contribution in [3.05, 3.63) is 157 Å². The van der Waals surface area contributed by atoms with Crippen LogP contribution >= 0.6 is 0 Å². The fourth-order valence-corrected chi connectivity index (χ4v) is 13.1. The van der Waals surface area contributed by atoms with E-state index in [0.717, 1.165) is 0 Å². The van der Waals surface area contributed by atoms with Gasteiger partial charge in [0, 0.05) is 33.2 Å². The van der Waals surface area contributed by atoms with Crippen molar-refractivity contribution >= 4 is 56.8 Å². The van der Waals surface area contributed by atoms with Crippen molar-refractivity contribution in [3.63, 3.8) is 0 Å². The number of fused-ring (bicyclic) bond motifs is 6. The molecule has 0 spiro atoms. The van der Waals surface area contributed by atoms with Crippen molar-refractivity contribution in [2.45, 2.75) is 57.0 Å². The number of hydrogen-bond donors (Lipinski definition) is 0. The van der Waals surface area contributed by atoms with Crippen LogP contribution in [0, 0.1) is 0 Å². The van der Waals surface area contributed by atoms with E-state index in [1.165, 1.54) is 85.7 Å². The van der Waals surface area contributed by atoms with Crippen LogP contribution in [-0.4, -0.2) is 18.2 Å². The summed E-state index contributed by atoms with van der Waals surface area (Å²) >= 11 is 0. The minimum atomic E-state index is -2.27. The third-order valence-electron chi connectivity index (χ3n) is 12.3. The quantitative estimate of drug-likeness (QED) is 0.135. The van der Waals surface area contributed by atoms with Crippen molar-refractivity contribution < 1.29 is 0 Å². The first-order valence-corrected chi connectivity index (χ1v) is 20.1. The highest BCUT2D eigenvalue weighted by Crippen LogP contribution is 2.60. The van der Waals surface area contributed by atoms with Gasteiger partial charge in [-0.3, -0.25) is 0 Å². The van der Waals surface area contributed by atoms with Crippen LogP contribution in [0.2, 0.25) is 6.55 Å². The normalized spacial score (nSPS) is 20.6. The third-order valence-corrected chi connectivity index (χ3v) is 16.8. The Hall–Kier alpha value is -4.86. The molecule has 9 rings (SSSR count). The summed E-state index contributed by atoms with van der Waals surface area (Å²) < 4.78 is 2.49. The largest absolute Gasteiger partial charge is 0.334 e. The summed E-state index contributed by atoms with van der Waals surface area (Å²) in [6.45, 7) is 7.54. The second-order valence-electron chi connectivity index (χ2n) is 14.6. The van der Waals surface area contributed by atoms with E-state index < -0.39 is 8.07 Å². The standard InChI is InChI=1S/C45H42N2Si/c1-44-29-14-15-30-45(44,2)47(43-26-13-11-24-40(43)44)34-27-28-42-39(32-34)38-23-10-12-25-41(38)46(42)33-17-16-22-37(31-33)48(3,35-18-6-4-7-19-35)36-20-8-5-9-21-36/h4-13,16-28,31-32H,14-15,29-30H2,1-3H3. The number of nitrogens with zero attached hydrogens (tertiary/aromatic N) is 2. The van der Waals surface area contributed by atoms with Gasteiger partial charge in [-0.15, -0.1) is 0 Å². The second-order valence-corrected chi connectivity index (χ2v) is 18.6. The van der Waals surface area contributed by atoms with Gasteiger partial charge in [-0.25, -0.2) is 0 Å². The molecule has 1 aliphatic carbocycles. The molecule has 1 aromatic heterocycles. The van der Waals surface area contributed by atoms with Crippen LogP contribution in [-0.2, 0) is 5.41 Å². The van der Waals surface area contributed by atoms with E-state index in [4.69, 9.17) is 0 Å². The molecule has 1 aliphatic heterocycles. The van der Waals surface area contributed by atoms with Crippen molar-refractivity contribution in [3.8, 4) is 5.69 Å². The highest BCUT2D eigenvalue weighted by molar-refractivity contribution is 7.10. The Bertz CT molecular complexity index is 2270. The molecule has 0 saturated heterocycles. The average molecular weight is 639 g/mol. The highest BCUT2D eigenvalue weighted by atomic mass is 28.3. The molecule has 6 aromatic carbocycles. The van der Waals surface area contributed by atoms with Gasteiger partial charge in [-0.05, 0) is 83.4 Å². The first kappa shape index (κ1) is 29.3. The van der Waals surface area contributed by atoms with Gasteiger partial charge in [-0.1, -0.05) is 136 Å². The summed E-state index contributed by atoms with van der Waals surface area (Å²) in [5.41, 5.74) is 8.09. The van der Waals surface area contributed by atoms with Gasteiger partial charge in [0.1, 0.15) is 8.07 Å². The number of anilines is 2. The monoisotopic (exact) mass is 638 g/mol. The van der Waals surface area contributed by atoms with Crippen LogP contribution in [0.15, 0.2) is 152 Å². The predicted molar refractivity (Wildman–Crippen MR) is 207 cm³/mol. The molecule has 2 aliphatic rings. The number of hydrogen-bond acceptors (Lipinski definition) is 1. The Morgan fingerprint density at radius 3 is 1.92 bits per heavy atom. The van der Waals surface area contributed by atoms with E-state index >= 15 is 0 Å². The molecule has 0 radical (unpaired) electrons. The number of aromatic nitrogens is 1. The van der Waals surface area contributed by atoms with Crippen molar-refractivity contribution in [1.29, 1.82) is 0 Å². The third kappa shape index (κ3) is 4.04. The molecule has 2 unspecified atom stereocenters. The van der Waals surface area contributed by atoms with Crippen LogP contribution in [0.4, 0.5) is 11.4 Å². The molecular weight excluding hydrogens is 597 g/mol. The van der Waals surface area contributed by atoms with Gasteiger partial charge in [0.25, 0.3) is 0 Å². The lowest BCUT2D eigenvalue weighted by molar-refractivity contribution is 0.195. The average Bonchev–Trinajstić information content (AvgIpc) is 3.58. The van der Waals surface area contributed by atoms with Crippen molar-refractivity contribution in [2.75, 3.05) is 4.90 Å². The van der Waals surface area contributed by atoms with Crippen LogP contribution < -0.4 is 20.5 Å². The van der Waals surface area contributed by atoms with E-state index in [0.29, 0.717) is 0 Å². The van der Waals surface area contributed by atoms with Gasteiger partial charge in [-0.2, -0.15) is 0 Å². The van der Waals surface area contributed by atoms with Gasteiger partial charge in [0.15, 0.2) is 0 Å². The Morgan fingerprint density at radius 1 is 0.521 bits per heavy atom. The zero-order valence-electron chi connectivity index (χ0n) is 28.2. The van der Waals surface area contributed by atoms with E-state index in [9.17, 15) is 0 Å². The second kappa shape index (κ2) is 10.8. The van der Waals surface area contributed by atoms with E-state index in [-0.39, 0.29) is 11.0 Å². The fraction of sp³-hybridized carbons (Fsp3) is 0.200. The predicted octanol–water partition coefficient (Wildman–Crippen LogP) is 9.63. The Kier molecular flexibility index (Phi) is 6.61. The van der Waals surface area contributed by atoms with E-state index in [1.807, 2.05) is 0 Å². The van der Waals surface area contributed by atoms with Crippen LogP contribution in [0.5, 0.6) is 0 Å². The molecule has 236 valence electrons. The zero-order chi connectivity index (χ0) is 32.5. The van der Waals surface area contributed by atoms with Gasteiger partial charge >= 0.3 is 0 Å². The minimum absolute atomic E-state index is 0.0409. The van der Waals surface area contributed by atoms with Crippen LogP contribution in [0.1, 0.15) is 45.1 Å². The van der Waals surface area contributed by atoms with Crippen molar-refractivity contribution in [1.82, 2.24) is 4.57 Å². The molecule has 2 heterocycles. The summed E-state index contributed by atoms with van der Waals surface area (Å²) in [6, 6.07) is 57.1. The lowest BCUT2D eigenvalue weighted by Gasteiger charge is -2.50. The number of para-hydroxylation sites is 2. The maximum Gasteiger partial charge on any atom is 0.145 e. The van der Waals surface area contributed by atoms with Crippen molar-refractivity contribution in [2.24, 2.45) is 0 Å². The summed E-state index contributed by atoms with van der Waals surface area (Å²) in [7, 11) is -2.27. The summed E-state index contributed by atoms with van der Waals surface area (Å²) in [5, 5.41) is 6.88. The molecule has 2 nitrogen and oxygen atoms in total. The molecule has 0 bridgehead atoms. The first-order valence-electron chi connectivity index (χ1n) is 17.6. The molecule has 1 fully saturated rings. The lowest BCUT2D eigenvalue weighted by atomic mass is 9.61. The highest BCUT2D eigenvalue weighted by Gasteiger charge is 2.57. The molecular formula is C45H42N2Si. The lowest BCUT2D eigenvalue weighted by Crippen LogP contribution is -2.64. The molecule has 7 aromatic rings. The Morgan fingerprint density at radius 2 is 1.15 bits per heavy atom. The summed E-state index contributed by atoms with van der Waals surface area (Å²) in [6.07, 6.45) is 5.03. The van der Waals surface area contributed by atoms with Gasteiger partial charge < -0.3 is 9.47 Å². The molecule has 0 N–H and O–H groups in total. The fourth-order valence-electron chi connectivity index (χ4n) is 9.48. The van der Waals surface area contributed by atoms with E-state index in [1.54, 1.807) is 0 Å². The smallest absolute Gasteiger partial charge is 0.145 e. The minimum Gasteiger partial charge on any atom is -0.334 e. The number of benzene rings is 6. The topological polar surface area (TPSA) is 8.17 Å². The van der Waals surface area contributed by atoms with Crippen LogP contribution in [0.3, 0.4) is 0 Å². The van der Waals surface area contributed by atoms with Gasteiger partial charge in [0.05, 0.1) is 16.6 Å². The van der Waals surface area contributed by atoms with Crippen LogP contribution in [0.25, 0.3) is 27.5 Å². The zero-order valence-corrected chi connectivity index (χ0v) is 29.2. The molecule has 1 saturated carbocycles. The Labute approximate surface area is 285 Å².